The van der Waals surface area contributed by atoms with Gasteiger partial charge in [0.15, 0.2) is 0 Å². The second-order valence-electron chi connectivity index (χ2n) is 3.87. The Labute approximate surface area is 94.1 Å². The Balaban J connectivity index is 3.02. The number of carbonyl (C=O) groups excluding carboxylic acids is 1. The molecule has 0 heterocycles. The lowest BCUT2D eigenvalue weighted by Crippen LogP contribution is -2.10. The molecule has 0 saturated heterocycles. The molecule has 0 amide bonds. The van der Waals surface area contributed by atoms with Crippen molar-refractivity contribution >= 4 is 17.9 Å². The zero-order valence-corrected chi connectivity index (χ0v) is 9.14. The van der Waals surface area contributed by atoms with E-state index in [2.05, 4.69) is 0 Å². The van der Waals surface area contributed by atoms with Gasteiger partial charge in [-0.05, 0) is 23.6 Å². The molecule has 0 bridgehead atoms. The van der Waals surface area contributed by atoms with Gasteiger partial charge in [0, 0.05) is 11.6 Å². The largest absolute Gasteiger partial charge is 0.481 e. The molecule has 1 rings (SSSR count). The number of hydrogen-bond acceptors (Lipinski definition) is 3. The van der Waals surface area contributed by atoms with Gasteiger partial charge < -0.3 is 15.6 Å². The summed E-state index contributed by atoms with van der Waals surface area (Å²) in [6, 6.07) is 5.26. The SMILES string of the molecule is CC(C=O)Cc1cccc(N)c1CC(=O)O. The maximum Gasteiger partial charge on any atom is 0.307 e. The monoisotopic (exact) mass is 221 g/mol. The molecule has 16 heavy (non-hydrogen) atoms. The molecule has 0 spiro atoms. The second-order valence-corrected chi connectivity index (χ2v) is 3.87. The highest BCUT2D eigenvalue weighted by Gasteiger charge is 2.12. The van der Waals surface area contributed by atoms with Crippen molar-refractivity contribution in [1.29, 1.82) is 0 Å². The predicted octanol–water partition coefficient (Wildman–Crippen LogP) is 1.27. The van der Waals surface area contributed by atoms with Gasteiger partial charge in [0.05, 0.1) is 6.42 Å². The van der Waals surface area contributed by atoms with Crippen LogP contribution in [0.1, 0.15) is 18.1 Å². The lowest BCUT2D eigenvalue weighted by atomic mass is 9.95. The minimum Gasteiger partial charge on any atom is -0.481 e. The molecular formula is C12H15NO3. The highest BCUT2D eigenvalue weighted by atomic mass is 16.4. The topological polar surface area (TPSA) is 80.4 Å². The molecule has 0 radical (unpaired) electrons. The lowest BCUT2D eigenvalue weighted by molar-refractivity contribution is -0.136. The van der Waals surface area contributed by atoms with E-state index in [1.54, 1.807) is 19.1 Å². The fraction of sp³-hybridized carbons (Fsp3) is 0.333. The molecular weight excluding hydrogens is 206 g/mol. The van der Waals surface area contributed by atoms with E-state index in [1.807, 2.05) is 6.07 Å². The molecule has 3 N–H and O–H groups in total. The molecule has 86 valence electrons. The van der Waals surface area contributed by atoms with Crippen molar-refractivity contribution in [2.24, 2.45) is 5.92 Å². The first-order chi connectivity index (χ1) is 7.54. The Morgan fingerprint density at radius 3 is 2.81 bits per heavy atom. The third-order valence-corrected chi connectivity index (χ3v) is 2.41. The van der Waals surface area contributed by atoms with Crippen LogP contribution in [0.2, 0.25) is 0 Å². The Morgan fingerprint density at radius 1 is 1.56 bits per heavy atom. The van der Waals surface area contributed by atoms with Crippen LogP contribution in [-0.4, -0.2) is 17.4 Å². The average molecular weight is 221 g/mol. The summed E-state index contributed by atoms with van der Waals surface area (Å²) < 4.78 is 0. The summed E-state index contributed by atoms with van der Waals surface area (Å²) in [4.78, 5) is 21.3. The van der Waals surface area contributed by atoms with Crippen molar-refractivity contribution < 1.29 is 14.7 Å². The number of hydrogen-bond donors (Lipinski definition) is 2. The lowest BCUT2D eigenvalue weighted by Gasteiger charge is -2.11. The number of anilines is 1. The van der Waals surface area contributed by atoms with Gasteiger partial charge >= 0.3 is 5.97 Å². The molecule has 4 nitrogen and oxygen atoms in total. The van der Waals surface area contributed by atoms with Crippen LogP contribution < -0.4 is 5.73 Å². The molecule has 1 aromatic carbocycles. The third-order valence-electron chi connectivity index (χ3n) is 2.41. The van der Waals surface area contributed by atoms with Crippen LogP contribution in [0.3, 0.4) is 0 Å². The van der Waals surface area contributed by atoms with Crippen LogP contribution >= 0.6 is 0 Å². The van der Waals surface area contributed by atoms with E-state index in [9.17, 15) is 9.59 Å². The number of rotatable bonds is 5. The molecule has 0 fully saturated rings. The van der Waals surface area contributed by atoms with Crippen molar-refractivity contribution in [3.8, 4) is 0 Å². The van der Waals surface area contributed by atoms with Gasteiger partial charge in [0.1, 0.15) is 6.29 Å². The van der Waals surface area contributed by atoms with Crippen molar-refractivity contribution in [2.45, 2.75) is 19.8 Å². The van der Waals surface area contributed by atoms with E-state index in [0.29, 0.717) is 17.7 Å². The van der Waals surface area contributed by atoms with E-state index in [0.717, 1.165) is 11.8 Å². The first-order valence-electron chi connectivity index (χ1n) is 5.08. The van der Waals surface area contributed by atoms with Gasteiger partial charge in [-0.2, -0.15) is 0 Å². The molecule has 0 aliphatic carbocycles. The number of benzene rings is 1. The van der Waals surface area contributed by atoms with Crippen molar-refractivity contribution in [3.63, 3.8) is 0 Å². The quantitative estimate of drug-likeness (QED) is 0.579. The third kappa shape index (κ3) is 3.08. The molecule has 0 aliphatic rings. The minimum absolute atomic E-state index is 0.104. The summed E-state index contributed by atoms with van der Waals surface area (Å²) in [6.45, 7) is 1.79. The van der Waals surface area contributed by atoms with E-state index in [4.69, 9.17) is 10.8 Å². The summed E-state index contributed by atoms with van der Waals surface area (Å²) in [5.74, 6) is -1.05. The first kappa shape index (κ1) is 12.2. The highest BCUT2D eigenvalue weighted by Crippen LogP contribution is 2.20. The van der Waals surface area contributed by atoms with Crippen LogP contribution in [0.25, 0.3) is 0 Å². The number of aliphatic carboxylic acids is 1. The van der Waals surface area contributed by atoms with Crippen molar-refractivity contribution in [2.75, 3.05) is 5.73 Å². The van der Waals surface area contributed by atoms with E-state index in [-0.39, 0.29) is 12.3 Å². The standard InChI is InChI=1S/C12H15NO3/c1-8(7-14)5-9-3-2-4-11(13)10(9)6-12(15)16/h2-4,7-8H,5-6,13H2,1H3,(H,15,16). The van der Waals surface area contributed by atoms with Gasteiger partial charge in [0.2, 0.25) is 0 Å². The zero-order chi connectivity index (χ0) is 12.1. The highest BCUT2D eigenvalue weighted by molar-refractivity contribution is 5.74. The summed E-state index contributed by atoms with van der Waals surface area (Å²) in [7, 11) is 0. The van der Waals surface area contributed by atoms with E-state index in [1.165, 1.54) is 0 Å². The zero-order valence-electron chi connectivity index (χ0n) is 9.14. The Bertz CT molecular complexity index is 401. The fourth-order valence-corrected chi connectivity index (χ4v) is 1.61. The normalized spacial score (nSPS) is 12.1. The number of carbonyl (C=O) groups is 2. The summed E-state index contributed by atoms with van der Waals surface area (Å²) in [5.41, 5.74) is 7.66. The van der Waals surface area contributed by atoms with Gasteiger partial charge in [-0.15, -0.1) is 0 Å². The maximum atomic E-state index is 10.7. The van der Waals surface area contributed by atoms with Gasteiger partial charge in [-0.3, -0.25) is 4.79 Å². The van der Waals surface area contributed by atoms with Crippen molar-refractivity contribution in [1.82, 2.24) is 0 Å². The molecule has 1 aromatic rings. The van der Waals surface area contributed by atoms with E-state index < -0.39 is 5.97 Å². The van der Waals surface area contributed by atoms with Crippen LogP contribution in [0, 0.1) is 5.92 Å². The molecule has 1 atom stereocenters. The predicted molar refractivity (Wildman–Crippen MR) is 61.1 cm³/mol. The maximum absolute atomic E-state index is 10.7. The molecule has 0 aromatic heterocycles. The van der Waals surface area contributed by atoms with Crippen LogP contribution in [-0.2, 0) is 22.4 Å². The van der Waals surface area contributed by atoms with Crippen molar-refractivity contribution in [3.05, 3.63) is 29.3 Å². The molecule has 1 unspecified atom stereocenters. The minimum atomic E-state index is -0.919. The van der Waals surface area contributed by atoms with Gasteiger partial charge in [-0.25, -0.2) is 0 Å². The number of carboxylic acids is 1. The fourth-order valence-electron chi connectivity index (χ4n) is 1.61. The van der Waals surface area contributed by atoms with Crippen LogP contribution in [0.4, 0.5) is 5.69 Å². The first-order valence-corrected chi connectivity index (χ1v) is 5.08. The van der Waals surface area contributed by atoms with Crippen LogP contribution in [0.15, 0.2) is 18.2 Å². The average Bonchev–Trinajstić information content (AvgIpc) is 2.22. The Hall–Kier alpha value is -1.84. The summed E-state index contributed by atoms with van der Waals surface area (Å²) >= 11 is 0. The number of carboxylic acid groups (broad SMARTS) is 1. The Kier molecular flexibility index (Phi) is 4.05. The smallest absolute Gasteiger partial charge is 0.307 e. The van der Waals surface area contributed by atoms with Gasteiger partial charge in [-0.1, -0.05) is 19.1 Å². The molecule has 0 saturated carbocycles. The number of nitrogens with two attached hydrogens (primary N) is 1. The van der Waals surface area contributed by atoms with Gasteiger partial charge in [0.25, 0.3) is 0 Å². The van der Waals surface area contributed by atoms with Crippen LogP contribution in [0.5, 0.6) is 0 Å². The second kappa shape index (κ2) is 5.30. The number of aldehydes is 1. The number of nitrogen functional groups attached to an aromatic ring is 1. The summed E-state index contributed by atoms with van der Waals surface area (Å²) in [5, 5.41) is 8.78. The molecule has 4 heteroatoms. The Morgan fingerprint density at radius 2 is 2.25 bits per heavy atom. The van der Waals surface area contributed by atoms with E-state index >= 15 is 0 Å². The molecule has 0 aliphatic heterocycles. The summed E-state index contributed by atoms with van der Waals surface area (Å²) in [6.07, 6.45) is 1.28.